The van der Waals surface area contributed by atoms with Gasteiger partial charge in [0.25, 0.3) is 5.91 Å². The number of hydrogen-bond donors (Lipinski definition) is 2. The molecule has 7 nitrogen and oxygen atoms in total. The summed E-state index contributed by atoms with van der Waals surface area (Å²) in [5.41, 5.74) is 6.15. The lowest BCUT2D eigenvalue weighted by Gasteiger charge is -2.15. The van der Waals surface area contributed by atoms with Crippen LogP contribution >= 0.6 is 0 Å². The summed E-state index contributed by atoms with van der Waals surface area (Å²) >= 11 is 0. The van der Waals surface area contributed by atoms with E-state index in [1.165, 1.54) is 7.11 Å². The summed E-state index contributed by atoms with van der Waals surface area (Å²) in [6.07, 6.45) is 1.64. The van der Waals surface area contributed by atoms with E-state index >= 15 is 0 Å². The molecule has 0 fully saturated rings. The molecule has 1 aromatic carbocycles. The largest absolute Gasteiger partial charge is 0.469 e. The Morgan fingerprint density at radius 2 is 2.00 bits per heavy atom. The van der Waals surface area contributed by atoms with Crippen LogP contribution in [0, 0.1) is 0 Å². The van der Waals surface area contributed by atoms with Gasteiger partial charge in [0.1, 0.15) is 6.04 Å². The van der Waals surface area contributed by atoms with E-state index in [2.05, 4.69) is 15.0 Å². The Labute approximate surface area is 132 Å². The van der Waals surface area contributed by atoms with Crippen molar-refractivity contribution in [2.24, 2.45) is 5.73 Å². The van der Waals surface area contributed by atoms with E-state index in [0.717, 1.165) is 5.39 Å². The van der Waals surface area contributed by atoms with Crippen LogP contribution in [0.25, 0.3) is 10.9 Å². The normalized spacial score (nSPS) is 11.7. The molecule has 2 rings (SSSR count). The van der Waals surface area contributed by atoms with Gasteiger partial charge in [0.05, 0.1) is 18.2 Å². The summed E-state index contributed by atoms with van der Waals surface area (Å²) in [6.45, 7) is 0. The zero-order valence-corrected chi connectivity index (χ0v) is 12.6. The third kappa shape index (κ3) is 4.03. The zero-order valence-electron chi connectivity index (χ0n) is 12.6. The molecule has 0 aliphatic carbocycles. The van der Waals surface area contributed by atoms with Gasteiger partial charge in [0, 0.05) is 18.0 Å². The number of amides is 2. The number of hydrogen-bond acceptors (Lipinski definition) is 5. The Kier molecular flexibility index (Phi) is 5.24. The maximum Gasteiger partial charge on any atom is 0.305 e. The lowest BCUT2D eigenvalue weighted by molar-refractivity contribution is -0.140. The number of rotatable bonds is 6. The number of aromatic nitrogens is 1. The number of primary amides is 1. The van der Waals surface area contributed by atoms with Gasteiger partial charge in [0.2, 0.25) is 5.91 Å². The SMILES string of the molecule is COC(=O)CC[C@@H](NC(=O)c1cccc2cccnc12)C(N)=O. The molecule has 7 heteroatoms. The number of fused-ring (bicyclic) bond motifs is 1. The smallest absolute Gasteiger partial charge is 0.305 e. The van der Waals surface area contributed by atoms with Gasteiger partial charge in [-0.3, -0.25) is 19.4 Å². The monoisotopic (exact) mass is 315 g/mol. The van der Waals surface area contributed by atoms with Gasteiger partial charge >= 0.3 is 5.97 Å². The highest BCUT2D eigenvalue weighted by atomic mass is 16.5. The molecule has 0 spiro atoms. The topological polar surface area (TPSA) is 111 Å². The molecule has 2 aromatic rings. The first-order valence-electron chi connectivity index (χ1n) is 7.03. The Morgan fingerprint density at radius 1 is 1.26 bits per heavy atom. The fraction of sp³-hybridized carbons (Fsp3) is 0.250. The van der Waals surface area contributed by atoms with Crippen molar-refractivity contribution >= 4 is 28.7 Å². The van der Waals surface area contributed by atoms with Crippen molar-refractivity contribution in [2.45, 2.75) is 18.9 Å². The van der Waals surface area contributed by atoms with Crippen molar-refractivity contribution in [3.05, 3.63) is 42.1 Å². The number of methoxy groups -OCH3 is 1. The molecule has 1 aromatic heterocycles. The molecule has 0 radical (unpaired) electrons. The minimum Gasteiger partial charge on any atom is -0.469 e. The lowest BCUT2D eigenvalue weighted by atomic mass is 10.1. The standard InChI is InChI=1S/C16H17N3O4/c1-23-13(20)8-7-12(15(17)21)19-16(22)11-6-2-4-10-5-3-9-18-14(10)11/h2-6,9,12H,7-8H2,1H3,(H2,17,21)(H,19,22)/t12-/m1/s1. The van der Waals surface area contributed by atoms with Gasteiger partial charge in [-0.05, 0) is 18.6 Å². The molecule has 0 saturated heterocycles. The van der Waals surface area contributed by atoms with Gasteiger partial charge < -0.3 is 15.8 Å². The van der Waals surface area contributed by atoms with Crippen LogP contribution in [0.2, 0.25) is 0 Å². The average molecular weight is 315 g/mol. The third-order valence-electron chi connectivity index (χ3n) is 3.39. The van der Waals surface area contributed by atoms with Crippen molar-refractivity contribution in [3.63, 3.8) is 0 Å². The number of carbonyl (C=O) groups excluding carboxylic acids is 3. The zero-order chi connectivity index (χ0) is 16.8. The molecule has 23 heavy (non-hydrogen) atoms. The fourth-order valence-electron chi connectivity index (χ4n) is 2.17. The molecule has 0 aliphatic rings. The highest BCUT2D eigenvalue weighted by Crippen LogP contribution is 2.16. The Balaban J connectivity index is 2.17. The average Bonchev–Trinajstić information content (AvgIpc) is 2.57. The number of nitrogens with zero attached hydrogens (tertiary/aromatic N) is 1. The number of carbonyl (C=O) groups is 3. The second kappa shape index (κ2) is 7.35. The fourth-order valence-corrected chi connectivity index (χ4v) is 2.17. The number of esters is 1. The molecule has 120 valence electrons. The van der Waals surface area contributed by atoms with Crippen LogP contribution in [-0.4, -0.2) is 35.9 Å². The molecule has 0 unspecified atom stereocenters. The minimum absolute atomic E-state index is 0.0157. The second-order valence-electron chi connectivity index (χ2n) is 4.92. The Morgan fingerprint density at radius 3 is 2.70 bits per heavy atom. The quantitative estimate of drug-likeness (QED) is 0.765. The molecule has 1 atom stereocenters. The minimum atomic E-state index is -0.958. The van der Waals surface area contributed by atoms with Crippen LogP contribution in [0.3, 0.4) is 0 Å². The molecular formula is C16H17N3O4. The van der Waals surface area contributed by atoms with E-state index < -0.39 is 23.8 Å². The predicted octanol–water partition coefficient (Wildman–Crippen LogP) is 0.772. The highest BCUT2D eigenvalue weighted by Gasteiger charge is 2.21. The van der Waals surface area contributed by atoms with E-state index in [-0.39, 0.29) is 12.8 Å². The van der Waals surface area contributed by atoms with E-state index in [1.807, 2.05) is 12.1 Å². The first-order chi connectivity index (χ1) is 11.0. The lowest BCUT2D eigenvalue weighted by Crippen LogP contribution is -2.44. The van der Waals surface area contributed by atoms with Crippen molar-refractivity contribution in [3.8, 4) is 0 Å². The summed E-state index contributed by atoms with van der Waals surface area (Å²) in [5.74, 6) is -1.66. The van der Waals surface area contributed by atoms with Gasteiger partial charge in [-0.25, -0.2) is 0 Å². The van der Waals surface area contributed by atoms with Crippen LogP contribution in [0.5, 0.6) is 0 Å². The molecule has 1 heterocycles. The van der Waals surface area contributed by atoms with Crippen molar-refractivity contribution < 1.29 is 19.1 Å². The first-order valence-corrected chi connectivity index (χ1v) is 7.03. The third-order valence-corrected chi connectivity index (χ3v) is 3.39. The van der Waals surface area contributed by atoms with Gasteiger partial charge in [-0.1, -0.05) is 18.2 Å². The van der Waals surface area contributed by atoms with Crippen LogP contribution in [0.4, 0.5) is 0 Å². The molecule has 3 N–H and O–H groups in total. The Bertz CT molecular complexity index is 740. The van der Waals surface area contributed by atoms with Crippen LogP contribution in [-0.2, 0) is 14.3 Å². The number of nitrogens with one attached hydrogen (secondary N) is 1. The number of benzene rings is 1. The van der Waals surface area contributed by atoms with Gasteiger partial charge in [-0.2, -0.15) is 0 Å². The van der Waals surface area contributed by atoms with Gasteiger partial charge in [0.15, 0.2) is 0 Å². The predicted molar refractivity (Wildman–Crippen MR) is 83.4 cm³/mol. The van der Waals surface area contributed by atoms with Crippen LogP contribution in [0.1, 0.15) is 23.2 Å². The maximum atomic E-state index is 12.4. The van der Waals surface area contributed by atoms with Crippen molar-refractivity contribution in [1.29, 1.82) is 0 Å². The molecule has 0 bridgehead atoms. The summed E-state index contributed by atoms with van der Waals surface area (Å²) in [5, 5.41) is 3.35. The van der Waals surface area contributed by atoms with E-state index in [1.54, 1.807) is 24.4 Å². The molecular weight excluding hydrogens is 298 g/mol. The van der Waals surface area contributed by atoms with Crippen molar-refractivity contribution in [1.82, 2.24) is 10.3 Å². The van der Waals surface area contributed by atoms with E-state index in [4.69, 9.17) is 5.73 Å². The van der Waals surface area contributed by atoms with Crippen molar-refractivity contribution in [2.75, 3.05) is 7.11 Å². The first kappa shape index (κ1) is 16.4. The number of pyridine rings is 1. The number of ether oxygens (including phenoxy) is 1. The summed E-state index contributed by atoms with van der Waals surface area (Å²) < 4.78 is 4.51. The maximum absolute atomic E-state index is 12.4. The number of para-hydroxylation sites is 1. The molecule has 2 amide bonds. The molecule has 0 aliphatic heterocycles. The van der Waals surface area contributed by atoms with E-state index in [9.17, 15) is 14.4 Å². The van der Waals surface area contributed by atoms with Crippen LogP contribution in [0.15, 0.2) is 36.5 Å². The summed E-state index contributed by atoms with van der Waals surface area (Å²) in [4.78, 5) is 39.2. The second-order valence-corrected chi connectivity index (χ2v) is 4.92. The summed E-state index contributed by atoms with van der Waals surface area (Å²) in [7, 11) is 1.25. The van der Waals surface area contributed by atoms with E-state index in [0.29, 0.717) is 11.1 Å². The Hall–Kier alpha value is -2.96. The molecule has 0 saturated carbocycles. The van der Waals surface area contributed by atoms with Gasteiger partial charge in [-0.15, -0.1) is 0 Å². The number of nitrogens with two attached hydrogens (primary N) is 1. The highest BCUT2D eigenvalue weighted by molar-refractivity contribution is 6.06. The van der Waals surface area contributed by atoms with Crippen LogP contribution < -0.4 is 11.1 Å². The summed E-state index contributed by atoms with van der Waals surface area (Å²) in [6, 6.07) is 7.83.